The number of carbonyl (C=O) groups excluding carboxylic acids is 2. The molecule has 5 nitrogen and oxygen atoms in total. The summed E-state index contributed by atoms with van der Waals surface area (Å²) in [5.41, 5.74) is 0. The van der Waals surface area contributed by atoms with Gasteiger partial charge in [-0.1, -0.05) is 13.3 Å². The van der Waals surface area contributed by atoms with E-state index < -0.39 is 0 Å². The lowest BCUT2D eigenvalue weighted by Gasteiger charge is -2.28. The average molecular weight is 253 g/mol. The lowest BCUT2D eigenvalue weighted by Crippen LogP contribution is -2.47. The summed E-state index contributed by atoms with van der Waals surface area (Å²) in [5, 5.41) is 3.23. The maximum absolute atomic E-state index is 12.0. The lowest BCUT2D eigenvalue weighted by atomic mass is 10.1. The van der Waals surface area contributed by atoms with Gasteiger partial charge in [-0.15, -0.1) is 0 Å². The molecule has 2 fully saturated rings. The number of nitrogens with one attached hydrogen (secondary N) is 1. The Morgan fingerprint density at radius 2 is 2.11 bits per heavy atom. The molecule has 5 heteroatoms. The van der Waals surface area contributed by atoms with Crippen molar-refractivity contribution in [2.45, 2.75) is 26.2 Å². The van der Waals surface area contributed by atoms with Crippen molar-refractivity contribution >= 4 is 11.8 Å². The molecule has 2 rings (SSSR count). The predicted molar refractivity (Wildman–Crippen MR) is 69.0 cm³/mol. The minimum atomic E-state index is 0.184. The molecule has 2 saturated heterocycles. The highest BCUT2D eigenvalue weighted by Crippen LogP contribution is 2.20. The van der Waals surface area contributed by atoms with Gasteiger partial charge in [0.25, 0.3) is 0 Å². The minimum absolute atomic E-state index is 0.184. The third kappa shape index (κ3) is 3.22. The molecule has 0 aromatic rings. The number of carbonyl (C=O) groups is 2. The van der Waals surface area contributed by atoms with Crippen LogP contribution in [0.4, 0.5) is 0 Å². The molecular weight excluding hydrogens is 230 g/mol. The third-order valence-corrected chi connectivity index (χ3v) is 3.94. The Labute approximate surface area is 108 Å². The van der Waals surface area contributed by atoms with Crippen molar-refractivity contribution in [3.8, 4) is 0 Å². The first-order chi connectivity index (χ1) is 8.70. The Hall–Kier alpha value is -1.10. The summed E-state index contributed by atoms with van der Waals surface area (Å²) in [4.78, 5) is 27.4. The van der Waals surface area contributed by atoms with E-state index >= 15 is 0 Å². The monoisotopic (exact) mass is 253 g/mol. The Balaban J connectivity index is 1.74. The van der Waals surface area contributed by atoms with Crippen molar-refractivity contribution in [1.29, 1.82) is 0 Å². The first-order valence-corrected chi connectivity index (χ1v) is 6.97. The molecule has 0 saturated carbocycles. The van der Waals surface area contributed by atoms with E-state index in [1.165, 1.54) is 0 Å². The topological polar surface area (TPSA) is 52.7 Å². The van der Waals surface area contributed by atoms with Crippen molar-refractivity contribution in [3.63, 3.8) is 0 Å². The van der Waals surface area contributed by atoms with E-state index in [9.17, 15) is 9.59 Å². The fourth-order valence-electron chi connectivity index (χ4n) is 2.65. The Bertz CT molecular complexity index is 313. The summed E-state index contributed by atoms with van der Waals surface area (Å²) in [7, 11) is 0. The van der Waals surface area contributed by atoms with Crippen molar-refractivity contribution in [3.05, 3.63) is 0 Å². The second kappa shape index (κ2) is 6.18. The van der Waals surface area contributed by atoms with Gasteiger partial charge in [-0.25, -0.2) is 0 Å². The van der Waals surface area contributed by atoms with Gasteiger partial charge in [0.1, 0.15) is 0 Å². The number of amides is 2. The van der Waals surface area contributed by atoms with Crippen LogP contribution in [0.2, 0.25) is 0 Å². The van der Waals surface area contributed by atoms with Gasteiger partial charge in [-0.3, -0.25) is 9.59 Å². The van der Waals surface area contributed by atoms with Crippen LogP contribution in [0.5, 0.6) is 0 Å². The van der Waals surface area contributed by atoms with Gasteiger partial charge in [-0.05, 0) is 5.92 Å². The number of likely N-dealkylation sites (tertiary alicyclic amines) is 1. The SMILES string of the molecule is CCC1CC(=O)N(CCC(=O)N2CCNCC2)C1. The van der Waals surface area contributed by atoms with E-state index in [0.717, 1.165) is 39.1 Å². The summed E-state index contributed by atoms with van der Waals surface area (Å²) in [6.07, 6.45) is 2.19. The molecule has 0 spiro atoms. The zero-order chi connectivity index (χ0) is 13.0. The molecule has 0 aliphatic carbocycles. The summed E-state index contributed by atoms with van der Waals surface area (Å²) in [6, 6.07) is 0. The second-order valence-electron chi connectivity index (χ2n) is 5.20. The molecule has 2 amide bonds. The highest BCUT2D eigenvalue weighted by Gasteiger charge is 2.28. The van der Waals surface area contributed by atoms with Gasteiger partial charge in [0.2, 0.25) is 11.8 Å². The number of rotatable bonds is 4. The first-order valence-electron chi connectivity index (χ1n) is 6.97. The summed E-state index contributed by atoms with van der Waals surface area (Å²) in [5.74, 6) is 0.894. The number of piperazine rings is 1. The fourth-order valence-corrected chi connectivity index (χ4v) is 2.65. The standard InChI is InChI=1S/C13H23N3O2/c1-2-11-9-13(18)16(10-11)6-3-12(17)15-7-4-14-5-8-15/h11,14H,2-10H2,1H3. The summed E-state index contributed by atoms with van der Waals surface area (Å²) in [6.45, 7) is 6.91. The van der Waals surface area contributed by atoms with Crippen LogP contribution in [0.1, 0.15) is 26.2 Å². The van der Waals surface area contributed by atoms with Crippen molar-refractivity contribution < 1.29 is 9.59 Å². The largest absolute Gasteiger partial charge is 0.342 e. The van der Waals surface area contributed by atoms with Gasteiger partial charge < -0.3 is 15.1 Å². The molecule has 1 unspecified atom stereocenters. The van der Waals surface area contributed by atoms with Gasteiger partial charge in [-0.2, -0.15) is 0 Å². The van der Waals surface area contributed by atoms with E-state index in [4.69, 9.17) is 0 Å². The molecule has 18 heavy (non-hydrogen) atoms. The van der Waals surface area contributed by atoms with Crippen LogP contribution in [0.3, 0.4) is 0 Å². The average Bonchev–Trinajstić information content (AvgIpc) is 2.77. The molecule has 0 aromatic carbocycles. The van der Waals surface area contributed by atoms with Crippen LogP contribution in [-0.2, 0) is 9.59 Å². The predicted octanol–water partition coefficient (Wildman–Crippen LogP) is 0.0668. The fraction of sp³-hybridized carbons (Fsp3) is 0.846. The van der Waals surface area contributed by atoms with Crippen molar-refractivity contribution in [1.82, 2.24) is 15.1 Å². The Morgan fingerprint density at radius 1 is 1.39 bits per heavy atom. The second-order valence-corrected chi connectivity index (χ2v) is 5.20. The normalized spacial score (nSPS) is 24.7. The third-order valence-electron chi connectivity index (χ3n) is 3.94. The van der Waals surface area contributed by atoms with Crippen LogP contribution in [0.15, 0.2) is 0 Å². The minimum Gasteiger partial charge on any atom is -0.342 e. The van der Waals surface area contributed by atoms with Gasteiger partial charge in [0.15, 0.2) is 0 Å². The number of nitrogens with zero attached hydrogens (tertiary/aromatic N) is 2. The van der Waals surface area contributed by atoms with E-state index in [0.29, 0.717) is 25.3 Å². The summed E-state index contributed by atoms with van der Waals surface area (Å²) < 4.78 is 0. The molecule has 0 radical (unpaired) electrons. The zero-order valence-corrected chi connectivity index (χ0v) is 11.2. The maximum Gasteiger partial charge on any atom is 0.224 e. The number of hydrogen-bond acceptors (Lipinski definition) is 3. The van der Waals surface area contributed by atoms with Crippen molar-refractivity contribution in [2.75, 3.05) is 39.3 Å². The van der Waals surface area contributed by atoms with Gasteiger partial charge >= 0.3 is 0 Å². The Kier molecular flexibility index (Phi) is 4.58. The molecular formula is C13H23N3O2. The molecule has 102 valence electrons. The molecule has 2 heterocycles. The van der Waals surface area contributed by atoms with E-state index in [1.54, 1.807) is 0 Å². The molecule has 0 aromatic heterocycles. The highest BCUT2D eigenvalue weighted by molar-refractivity contribution is 5.80. The van der Waals surface area contributed by atoms with Crippen LogP contribution in [0, 0.1) is 5.92 Å². The molecule has 2 aliphatic heterocycles. The smallest absolute Gasteiger partial charge is 0.224 e. The van der Waals surface area contributed by atoms with E-state index in [2.05, 4.69) is 12.2 Å². The molecule has 0 bridgehead atoms. The zero-order valence-electron chi connectivity index (χ0n) is 11.2. The summed E-state index contributed by atoms with van der Waals surface area (Å²) >= 11 is 0. The maximum atomic E-state index is 12.0. The van der Waals surface area contributed by atoms with Crippen LogP contribution in [-0.4, -0.2) is 60.9 Å². The van der Waals surface area contributed by atoms with E-state index in [1.807, 2.05) is 9.80 Å². The van der Waals surface area contributed by atoms with Crippen molar-refractivity contribution in [2.24, 2.45) is 5.92 Å². The first kappa shape index (κ1) is 13.3. The molecule has 2 aliphatic rings. The number of hydrogen-bond donors (Lipinski definition) is 1. The van der Waals surface area contributed by atoms with Gasteiger partial charge in [0, 0.05) is 52.1 Å². The van der Waals surface area contributed by atoms with Gasteiger partial charge in [0.05, 0.1) is 0 Å². The van der Waals surface area contributed by atoms with Crippen LogP contribution in [0.25, 0.3) is 0 Å². The molecule has 1 N–H and O–H groups in total. The van der Waals surface area contributed by atoms with E-state index in [-0.39, 0.29) is 11.8 Å². The Morgan fingerprint density at radius 3 is 2.72 bits per heavy atom. The quantitative estimate of drug-likeness (QED) is 0.771. The lowest BCUT2D eigenvalue weighted by molar-refractivity contribution is -0.133. The van der Waals surface area contributed by atoms with Crippen LogP contribution < -0.4 is 5.32 Å². The van der Waals surface area contributed by atoms with Crippen LogP contribution >= 0.6 is 0 Å². The molecule has 1 atom stereocenters. The highest BCUT2D eigenvalue weighted by atomic mass is 16.2.